The number of benzene rings is 1. The molecule has 2 aliphatic rings. The third-order valence-corrected chi connectivity index (χ3v) is 5.01. The van der Waals surface area contributed by atoms with Gasteiger partial charge in [0.2, 0.25) is 0 Å². The predicted octanol–water partition coefficient (Wildman–Crippen LogP) is 4.24. The van der Waals surface area contributed by atoms with Gasteiger partial charge in [0, 0.05) is 12.5 Å². The predicted molar refractivity (Wildman–Crippen MR) is 83.2 cm³/mol. The van der Waals surface area contributed by atoms with Crippen molar-refractivity contribution < 1.29 is 4.74 Å². The Balaban J connectivity index is 1.65. The van der Waals surface area contributed by atoms with Crippen LogP contribution in [-0.4, -0.2) is 13.2 Å². The number of ether oxygens (including phenoxy) is 1. The molecule has 0 radical (unpaired) electrons. The third kappa shape index (κ3) is 3.01. The standard InChI is InChI=1S/C18H27NO/c1-13-11-16-12-15(8-10-18(16)20-13)17(19-2)9-7-14-5-3-4-6-14/h8,10,12-14,17,19H,3-7,9,11H2,1-2H3. The minimum absolute atomic E-state index is 0.340. The normalized spacial score (nSPS) is 23.6. The molecular formula is C18H27NO. The molecule has 20 heavy (non-hydrogen) atoms. The lowest BCUT2D eigenvalue weighted by Gasteiger charge is -2.19. The zero-order chi connectivity index (χ0) is 13.9. The van der Waals surface area contributed by atoms with E-state index >= 15 is 0 Å². The highest BCUT2D eigenvalue weighted by Gasteiger charge is 2.22. The first-order valence-electron chi connectivity index (χ1n) is 8.23. The van der Waals surface area contributed by atoms with Crippen LogP contribution in [0, 0.1) is 5.92 Å². The second-order valence-electron chi connectivity index (χ2n) is 6.57. The summed E-state index contributed by atoms with van der Waals surface area (Å²) in [7, 11) is 2.09. The monoisotopic (exact) mass is 273 g/mol. The number of rotatable bonds is 5. The summed E-state index contributed by atoms with van der Waals surface area (Å²) in [6, 6.07) is 7.26. The average Bonchev–Trinajstić information content (AvgIpc) is 3.07. The van der Waals surface area contributed by atoms with Crippen LogP contribution in [0.25, 0.3) is 0 Å². The molecule has 1 N–H and O–H groups in total. The highest BCUT2D eigenvalue weighted by atomic mass is 16.5. The lowest BCUT2D eigenvalue weighted by Crippen LogP contribution is -2.17. The number of hydrogen-bond acceptors (Lipinski definition) is 2. The highest BCUT2D eigenvalue weighted by molar-refractivity contribution is 5.41. The largest absolute Gasteiger partial charge is 0.490 e. The summed E-state index contributed by atoms with van der Waals surface area (Å²) in [4.78, 5) is 0. The van der Waals surface area contributed by atoms with Crippen LogP contribution in [0.1, 0.15) is 62.6 Å². The van der Waals surface area contributed by atoms with E-state index in [1.54, 1.807) is 0 Å². The molecule has 1 saturated carbocycles. The van der Waals surface area contributed by atoms with Crippen molar-refractivity contribution in [3.05, 3.63) is 29.3 Å². The summed E-state index contributed by atoms with van der Waals surface area (Å²) in [5, 5.41) is 3.50. The molecule has 0 aromatic heterocycles. The maximum Gasteiger partial charge on any atom is 0.123 e. The molecule has 1 aromatic carbocycles. The quantitative estimate of drug-likeness (QED) is 0.866. The molecule has 3 rings (SSSR count). The Bertz CT molecular complexity index is 451. The van der Waals surface area contributed by atoms with Gasteiger partial charge < -0.3 is 10.1 Å². The van der Waals surface area contributed by atoms with E-state index < -0.39 is 0 Å². The van der Waals surface area contributed by atoms with Crippen molar-refractivity contribution in [3.8, 4) is 5.75 Å². The Morgan fingerprint density at radius 3 is 2.85 bits per heavy atom. The molecule has 1 aliphatic heterocycles. The van der Waals surface area contributed by atoms with E-state index in [0.29, 0.717) is 12.1 Å². The van der Waals surface area contributed by atoms with Gasteiger partial charge in [-0.1, -0.05) is 37.8 Å². The van der Waals surface area contributed by atoms with Gasteiger partial charge in [-0.3, -0.25) is 0 Å². The summed E-state index contributed by atoms with van der Waals surface area (Å²) in [6.45, 7) is 2.15. The molecule has 2 heteroatoms. The zero-order valence-electron chi connectivity index (χ0n) is 12.8. The van der Waals surface area contributed by atoms with E-state index in [9.17, 15) is 0 Å². The molecule has 1 fully saturated rings. The van der Waals surface area contributed by atoms with Crippen LogP contribution >= 0.6 is 0 Å². The molecule has 110 valence electrons. The van der Waals surface area contributed by atoms with Gasteiger partial charge in [-0.2, -0.15) is 0 Å². The first-order chi connectivity index (χ1) is 9.76. The van der Waals surface area contributed by atoms with Gasteiger partial charge in [0.15, 0.2) is 0 Å². The molecule has 2 unspecified atom stereocenters. The molecule has 2 nitrogen and oxygen atoms in total. The SMILES string of the molecule is CNC(CCC1CCCC1)c1ccc2c(c1)CC(C)O2. The van der Waals surface area contributed by atoms with Crippen molar-refractivity contribution in [2.24, 2.45) is 5.92 Å². The van der Waals surface area contributed by atoms with Crippen molar-refractivity contribution in [3.63, 3.8) is 0 Å². The van der Waals surface area contributed by atoms with Crippen LogP contribution in [0.4, 0.5) is 0 Å². The van der Waals surface area contributed by atoms with Crippen molar-refractivity contribution in [2.45, 2.75) is 64.0 Å². The Morgan fingerprint density at radius 1 is 1.30 bits per heavy atom. The molecule has 1 aliphatic carbocycles. The summed E-state index contributed by atoms with van der Waals surface area (Å²) >= 11 is 0. The van der Waals surface area contributed by atoms with Gasteiger partial charge in [0.25, 0.3) is 0 Å². The van der Waals surface area contributed by atoms with Gasteiger partial charge in [-0.25, -0.2) is 0 Å². The number of hydrogen-bond donors (Lipinski definition) is 1. The second-order valence-corrected chi connectivity index (χ2v) is 6.57. The van der Waals surface area contributed by atoms with Gasteiger partial charge in [-0.15, -0.1) is 0 Å². The van der Waals surface area contributed by atoms with Crippen LogP contribution in [0.3, 0.4) is 0 Å². The van der Waals surface area contributed by atoms with Gasteiger partial charge in [0.05, 0.1) is 0 Å². The summed E-state index contributed by atoms with van der Waals surface area (Å²) < 4.78 is 5.80. The number of nitrogens with one attached hydrogen (secondary N) is 1. The van der Waals surface area contributed by atoms with Crippen LogP contribution in [0.5, 0.6) is 5.75 Å². The van der Waals surface area contributed by atoms with Gasteiger partial charge in [0.1, 0.15) is 11.9 Å². The van der Waals surface area contributed by atoms with Gasteiger partial charge >= 0.3 is 0 Å². The Hall–Kier alpha value is -1.02. The van der Waals surface area contributed by atoms with Crippen molar-refractivity contribution in [1.82, 2.24) is 5.32 Å². The molecule has 1 heterocycles. The van der Waals surface area contributed by atoms with Crippen molar-refractivity contribution in [2.75, 3.05) is 7.05 Å². The summed E-state index contributed by atoms with van der Waals surface area (Å²) in [5.41, 5.74) is 2.82. The first kappa shape index (κ1) is 13.9. The molecule has 0 bridgehead atoms. The smallest absolute Gasteiger partial charge is 0.123 e. The fourth-order valence-corrected chi connectivity index (χ4v) is 3.84. The maximum absolute atomic E-state index is 5.80. The molecule has 0 spiro atoms. The lowest BCUT2D eigenvalue weighted by molar-refractivity contribution is 0.254. The van der Waals surface area contributed by atoms with Crippen LogP contribution < -0.4 is 10.1 Å². The van der Waals surface area contributed by atoms with E-state index in [-0.39, 0.29) is 0 Å². The number of fused-ring (bicyclic) bond motifs is 1. The van der Waals surface area contributed by atoms with Gasteiger partial charge in [-0.05, 0) is 49.9 Å². The van der Waals surface area contributed by atoms with Crippen molar-refractivity contribution in [1.29, 1.82) is 0 Å². The lowest BCUT2D eigenvalue weighted by atomic mass is 9.93. The van der Waals surface area contributed by atoms with Crippen molar-refractivity contribution >= 4 is 0 Å². The summed E-state index contributed by atoms with van der Waals surface area (Å²) in [5.74, 6) is 2.07. The fraction of sp³-hybridized carbons (Fsp3) is 0.667. The molecule has 2 atom stereocenters. The Kier molecular flexibility index (Phi) is 4.30. The second kappa shape index (κ2) is 6.17. The van der Waals surface area contributed by atoms with E-state index in [1.807, 2.05) is 0 Å². The Morgan fingerprint density at radius 2 is 2.10 bits per heavy atom. The van der Waals surface area contributed by atoms with E-state index in [0.717, 1.165) is 18.1 Å². The van der Waals surface area contributed by atoms with Crippen LogP contribution in [0.2, 0.25) is 0 Å². The maximum atomic E-state index is 5.80. The highest BCUT2D eigenvalue weighted by Crippen LogP contribution is 2.34. The van der Waals surface area contributed by atoms with E-state index in [2.05, 4.69) is 37.5 Å². The van der Waals surface area contributed by atoms with Crippen LogP contribution in [-0.2, 0) is 6.42 Å². The minimum atomic E-state index is 0.340. The third-order valence-electron chi connectivity index (χ3n) is 5.01. The fourth-order valence-electron chi connectivity index (χ4n) is 3.84. The van der Waals surface area contributed by atoms with E-state index in [1.165, 1.54) is 49.7 Å². The molecule has 0 saturated heterocycles. The minimum Gasteiger partial charge on any atom is -0.490 e. The van der Waals surface area contributed by atoms with E-state index in [4.69, 9.17) is 4.74 Å². The van der Waals surface area contributed by atoms with Crippen LogP contribution in [0.15, 0.2) is 18.2 Å². The molecular weight excluding hydrogens is 246 g/mol. The summed E-state index contributed by atoms with van der Waals surface area (Å²) in [6.07, 6.45) is 9.82. The average molecular weight is 273 g/mol. The molecule has 0 amide bonds. The first-order valence-corrected chi connectivity index (χ1v) is 8.23. The Labute approximate surface area is 122 Å². The molecule has 1 aromatic rings. The zero-order valence-corrected chi connectivity index (χ0v) is 12.8. The topological polar surface area (TPSA) is 21.3 Å².